The number of aliphatic hydroxyl groups is 1. The molecule has 9 heteroatoms. The monoisotopic (exact) mass is 594 g/mol. The molecule has 8 nitrogen and oxygen atoms in total. The summed E-state index contributed by atoms with van der Waals surface area (Å²) in [4.78, 5) is 45.3. The predicted molar refractivity (Wildman–Crippen MR) is 148 cm³/mol. The molecule has 212 valence electrons. The Hall–Kier alpha value is -1.71. The summed E-state index contributed by atoms with van der Waals surface area (Å²) in [5.41, 5.74) is -1.14. The van der Waals surface area contributed by atoms with Gasteiger partial charge in [-0.25, -0.2) is 0 Å². The second-order valence-corrected chi connectivity index (χ2v) is 12.4. The zero-order valence-corrected chi connectivity index (χ0v) is 24.1. The normalized spacial score (nSPS) is 33.2. The molecule has 3 heterocycles. The summed E-state index contributed by atoms with van der Waals surface area (Å²) >= 11 is 3.71. The van der Waals surface area contributed by atoms with Crippen molar-refractivity contribution in [3.05, 3.63) is 25.3 Å². The van der Waals surface area contributed by atoms with Crippen molar-refractivity contribution in [2.45, 2.75) is 106 Å². The number of ether oxygens (including phenoxy) is 2. The van der Waals surface area contributed by atoms with E-state index in [1.165, 1.54) is 0 Å². The van der Waals surface area contributed by atoms with Crippen molar-refractivity contribution < 1.29 is 29.0 Å². The molecule has 0 radical (unpaired) electrons. The van der Waals surface area contributed by atoms with Crippen molar-refractivity contribution >= 4 is 33.7 Å². The molecule has 1 N–H and O–H groups in total. The summed E-state index contributed by atoms with van der Waals surface area (Å²) in [6.07, 6.45) is 11.5. The summed E-state index contributed by atoms with van der Waals surface area (Å²) in [7, 11) is 0. The largest absolute Gasteiger partial charge is 0.465 e. The molecule has 2 amide bonds. The molecule has 38 heavy (non-hydrogen) atoms. The number of allylic oxidation sites excluding steroid dienone is 1. The number of likely N-dealkylation sites (tertiary alicyclic amines) is 1. The van der Waals surface area contributed by atoms with Crippen molar-refractivity contribution in [2.75, 3.05) is 19.8 Å². The fourth-order valence-electron chi connectivity index (χ4n) is 7.19. The second kappa shape index (κ2) is 12.6. The van der Waals surface area contributed by atoms with Crippen LogP contribution < -0.4 is 0 Å². The number of fused-ring (bicyclic) bond motifs is 1. The standard InChI is InChI=1S/C29H43BrN2O6/c1-4-7-8-12-16-37-28(36)22-23-26(34)32(19(6-3)18-33)25(29(23)17-21(30)24(22)38-29)27(35)31(15-5-2)20-13-10-9-11-14-20/h4-5,19-25,33H,1-2,6-18H2,3H3/t19-,21?,22-,23-,24-,25?,29?/m0/s1. The third-order valence-corrected chi connectivity index (χ3v) is 9.82. The van der Waals surface area contributed by atoms with Crippen LogP contribution in [0.25, 0.3) is 0 Å². The van der Waals surface area contributed by atoms with Gasteiger partial charge in [-0.3, -0.25) is 14.4 Å². The fourth-order valence-corrected chi connectivity index (χ4v) is 8.13. The van der Waals surface area contributed by atoms with Gasteiger partial charge in [-0.15, -0.1) is 13.2 Å². The van der Waals surface area contributed by atoms with E-state index in [4.69, 9.17) is 9.47 Å². The average Bonchev–Trinajstić information content (AvgIpc) is 3.51. The van der Waals surface area contributed by atoms with Gasteiger partial charge >= 0.3 is 5.97 Å². The van der Waals surface area contributed by atoms with Crippen molar-refractivity contribution in [1.82, 2.24) is 9.80 Å². The minimum Gasteiger partial charge on any atom is -0.465 e. The minimum atomic E-state index is -1.14. The van der Waals surface area contributed by atoms with Crippen molar-refractivity contribution in [2.24, 2.45) is 11.8 Å². The van der Waals surface area contributed by atoms with Crippen LogP contribution in [0.2, 0.25) is 0 Å². The summed E-state index contributed by atoms with van der Waals surface area (Å²) < 4.78 is 12.2. The lowest BCUT2D eigenvalue weighted by atomic mass is 9.70. The number of hydrogen-bond acceptors (Lipinski definition) is 6. The highest BCUT2D eigenvalue weighted by Crippen LogP contribution is 2.61. The van der Waals surface area contributed by atoms with Gasteiger partial charge in [-0.1, -0.05) is 54.3 Å². The highest BCUT2D eigenvalue weighted by molar-refractivity contribution is 9.09. The first-order chi connectivity index (χ1) is 18.4. The maximum Gasteiger partial charge on any atom is 0.312 e. The molecule has 0 aromatic rings. The third-order valence-electron chi connectivity index (χ3n) is 8.98. The van der Waals surface area contributed by atoms with E-state index >= 15 is 0 Å². The molecular weight excluding hydrogens is 552 g/mol. The van der Waals surface area contributed by atoms with Gasteiger partial charge in [0, 0.05) is 17.4 Å². The number of halogens is 1. The van der Waals surface area contributed by atoms with Gasteiger partial charge in [0.2, 0.25) is 11.8 Å². The number of rotatable bonds is 13. The van der Waals surface area contributed by atoms with E-state index in [9.17, 15) is 19.5 Å². The van der Waals surface area contributed by atoms with E-state index in [2.05, 4.69) is 29.1 Å². The van der Waals surface area contributed by atoms with Crippen LogP contribution in [-0.4, -0.2) is 87.1 Å². The number of aliphatic hydroxyl groups excluding tert-OH is 1. The summed E-state index contributed by atoms with van der Waals surface area (Å²) in [5.74, 6) is -2.51. The highest BCUT2D eigenvalue weighted by Gasteiger charge is 2.77. The number of carbonyl (C=O) groups excluding carboxylic acids is 3. The van der Waals surface area contributed by atoms with Crippen LogP contribution in [-0.2, 0) is 23.9 Å². The number of nitrogens with zero attached hydrogens (tertiary/aromatic N) is 2. The first-order valence-electron chi connectivity index (χ1n) is 14.3. The van der Waals surface area contributed by atoms with Gasteiger partial charge in [0.25, 0.3) is 0 Å². The van der Waals surface area contributed by atoms with Gasteiger partial charge in [0.15, 0.2) is 0 Å². The van der Waals surface area contributed by atoms with Crippen LogP contribution in [0.4, 0.5) is 0 Å². The number of unbranched alkanes of at least 4 members (excludes halogenated alkanes) is 2. The number of carbonyl (C=O) groups is 3. The van der Waals surface area contributed by atoms with Crippen LogP contribution >= 0.6 is 15.9 Å². The van der Waals surface area contributed by atoms with E-state index < -0.39 is 41.6 Å². The molecule has 7 atom stereocenters. The molecule has 4 rings (SSSR count). The highest BCUT2D eigenvalue weighted by atomic mass is 79.9. The van der Waals surface area contributed by atoms with Crippen molar-refractivity contribution in [1.29, 1.82) is 0 Å². The Bertz CT molecular complexity index is 903. The zero-order chi connectivity index (χ0) is 27.4. The van der Waals surface area contributed by atoms with Crippen LogP contribution in [0.3, 0.4) is 0 Å². The van der Waals surface area contributed by atoms with Crippen LogP contribution in [0.1, 0.15) is 71.1 Å². The van der Waals surface area contributed by atoms with Gasteiger partial charge < -0.3 is 24.4 Å². The van der Waals surface area contributed by atoms with Crippen molar-refractivity contribution in [3.8, 4) is 0 Å². The van der Waals surface area contributed by atoms with E-state index in [-0.39, 0.29) is 35.9 Å². The zero-order valence-electron chi connectivity index (χ0n) is 22.6. The first-order valence-corrected chi connectivity index (χ1v) is 15.2. The summed E-state index contributed by atoms with van der Waals surface area (Å²) in [6, 6.07) is -1.37. The Balaban J connectivity index is 1.68. The predicted octanol–water partition coefficient (Wildman–Crippen LogP) is 3.75. The van der Waals surface area contributed by atoms with Gasteiger partial charge in [0.05, 0.1) is 37.2 Å². The lowest BCUT2D eigenvalue weighted by molar-refractivity contribution is -0.157. The van der Waals surface area contributed by atoms with E-state index in [1.807, 2.05) is 17.9 Å². The molecule has 3 unspecified atom stereocenters. The van der Waals surface area contributed by atoms with E-state index in [1.54, 1.807) is 11.0 Å². The SMILES string of the molecule is C=CCCCCOC(=O)[C@H]1[C@H]2C(=O)N([C@@H](CC)CO)C(C(=O)N(CC=C)C3CCCCC3)C23CC(Br)[C@@H]1O3. The quantitative estimate of drug-likeness (QED) is 0.151. The van der Waals surface area contributed by atoms with Crippen LogP contribution in [0, 0.1) is 11.8 Å². The topological polar surface area (TPSA) is 96.4 Å². The Morgan fingerprint density at radius 1 is 1.26 bits per heavy atom. The van der Waals surface area contributed by atoms with E-state index in [0.717, 1.165) is 44.9 Å². The minimum absolute atomic E-state index is 0.0746. The molecule has 0 aromatic heterocycles. The number of alkyl halides is 1. The Morgan fingerprint density at radius 2 is 2.00 bits per heavy atom. The molecule has 2 bridgehead atoms. The van der Waals surface area contributed by atoms with E-state index in [0.29, 0.717) is 25.8 Å². The first kappa shape index (κ1) is 29.3. The van der Waals surface area contributed by atoms with Crippen LogP contribution in [0.15, 0.2) is 25.3 Å². The van der Waals surface area contributed by atoms with Gasteiger partial charge in [-0.2, -0.15) is 0 Å². The van der Waals surface area contributed by atoms with Crippen LogP contribution in [0.5, 0.6) is 0 Å². The third kappa shape index (κ3) is 5.10. The number of hydrogen-bond donors (Lipinski definition) is 1. The molecule has 1 aliphatic carbocycles. The number of amides is 2. The Kier molecular flexibility index (Phi) is 9.74. The summed E-state index contributed by atoms with van der Waals surface area (Å²) in [5, 5.41) is 10.3. The molecule has 4 fully saturated rings. The molecule has 4 aliphatic rings. The second-order valence-electron chi connectivity index (χ2n) is 11.2. The fraction of sp³-hybridized carbons (Fsp3) is 0.759. The van der Waals surface area contributed by atoms with Gasteiger partial charge in [0.1, 0.15) is 11.6 Å². The molecule has 3 aliphatic heterocycles. The lowest BCUT2D eigenvalue weighted by Crippen LogP contribution is -2.60. The maximum absolute atomic E-state index is 14.5. The van der Waals surface area contributed by atoms with Crippen molar-refractivity contribution in [3.63, 3.8) is 0 Å². The average molecular weight is 596 g/mol. The Labute approximate surface area is 234 Å². The Morgan fingerprint density at radius 3 is 2.63 bits per heavy atom. The molecule has 1 saturated carbocycles. The smallest absolute Gasteiger partial charge is 0.312 e. The number of esters is 1. The lowest BCUT2D eigenvalue weighted by Gasteiger charge is -2.42. The molecule has 3 saturated heterocycles. The van der Waals surface area contributed by atoms with Gasteiger partial charge in [-0.05, 0) is 44.9 Å². The maximum atomic E-state index is 14.5. The summed E-state index contributed by atoms with van der Waals surface area (Å²) in [6.45, 7) is 9.90. The molecule has 0 aromatic carbocycles. The molecular formula is C29H43BrN2O6. The molecule has 1 spiro atoms.